The molecule has 0 spiro atoms. The number of piperidine rings is 1. The second-order valence-corrected chi connectivity index (χ2v) is 6.23. The van der Waals surface area contributed by atoms with E-state index in [4.69, 9.17) is 0 Å². The lowest BCUT2D eigenvalue weighted by Gasteiger charge is -2.28. The first-order chi connectivity index (χ1) is 9.45. The molecule has 1 aliphatic heterocycles. The van der Waals surface area contributed by atoms with Gasteiger partial charge in [0.25, 0.3) is 0 Å². The lowest BCUT2D eigenvalue weighted by atomic mass is 9.92. The summed E-state index contributed by atoms with van der Waals surface area (Å²) in [5.74, 6) is 0.351. The van der Waals surface area contributed by atoms with Crippen molar-refractivity contribution in [2.24, 2.45) is 5.92 Å². The first kappa shape index (κ1) is 18.0. The summed E-state index contributed by atoms with van der Waals surface area (Å²) in [7, 11) is 0. The molecule has 1 saturated heterocycles. The van der Waals surface area contributed by atoms with E-state index in [1.165, 1.54) is 16.7 Å². The predicted molar refractivity (Wildman–Crippen MR) is 89.9 cm³/mol. The molecular weight excluding hydrogens is 284 g/mol. The summed E-state index contributed by atoms with van der Waals surface area (Å²) >= 11 is 0. The average Bonchev–Trinajstić information content (AvgIpc) is 2.37. The largest absolute Gasteiger partial charge is 0.349 e. The smallest absolute Gasteiger partial charge is 0.223 e. The number of carbonyl (C=O) groups excluding carboxylic acids is 1. The highest BCUT2D eigenvalue weighted by molar-refractivity contribution is 5.85. The summed E-state index contributed by atoms with van der Waals surface area (Å²) < 4.78 is 0. The minimum Gasteiger partial charge on any atom is -0.349 e. The van der Waals surface area contributed by atoms with Crippen molar-refractivity contribution in [2.45, 2.75) is 52.6 Å². The minimum atomic E-state index is 0. The molecule has 0 aliphatic carbocycles. The predicted octanol–water partition coefficient (Wildman–Crippen LogP) is 3.29. The molecule has 21 heavy (non-hydrogen) atoms. The molecular formula is C17H27ClN2O. The molecule has 0 radical (unpaired) electrons. The highest BCUT2D eigenvalue weighted by atomic mass is 35.5. The van der Waals surface area contributed by atoms with Crippen molar-refractivity contribution in [3.63, 3.8) is 0 Å². The molecule has 1 unspecified atom stereocenters. The van der Waals surface area contributed by atoms with Gasteiger partial charge in [0, 0.05) is 12.0 Å². The maximum atomic E-state index is 12.4. The highest BCUT2D eigenvalue weighted by Gasteiger charge is 2.25. The Kier molecular flexibility index (Phi) is 6.69. The van der Waals surface area contributed by atoms with E-state index >= 15 is 0 Å². The summed E-state index contributed by atoms with van der Waals surface area (Å²) in [6.45, 7) is 9.35. The zero-order chi connectivity index (χ0) is 14.7. The van der Waals surface area contributed by atoms with Crippen molar-refractivity contribution in [3.05, 3.63) is 34.9 Å². The van der Waals surface area contributed by atoms with Gasteiger partial charge in [0.15, 0.2) is 0 Å². The summed E-state index contributed by atoms with van der Waals surface area (Å²) in [6.07, 6.45) is 1.88. The van der Waals surface area contributed by atoms with Gasteiger partial charge in [0.2, 0.25) is 5.91 Å². The zero-order valence-electron chi connectivity index (χ0n) is 13.4. The second kappa shape index (κ2) is 7.81. The Labute approximate surface area is 134 Å². The van der Waals surface area contributed by atoms with E-state index in [0.717, 1.165) is 19.4 Å². The van der Waals surface area contributed by atoms with Crippen LogP contribution in [0.2, 0.25) is 0 Å². The number of benzene rings is 1. The third-order valence-corrected chi connectivity index (χ3v) is 4.10. The van der Waals surface area contributed by atoms with Crippen LogP contribution in [0.1, 0.15) is 49.4 Å². The van der Waals surface area contributed by atoms with Crippen molar-refractivity contribution in [1.82, 2.24) is 10.6 Å². The minimum absolute atomic E-state index is 0. The molecule has 1 aromatic carbocycles. The fourth-order valence-corrected chi connectivity index (χ4v) is 3.04. The number of hydrogen-bond donors (Lipinski definition) is 2. The number of carbonyl (C=O) groups is 1. The van der Waals surface area contributed by atoms with Gasteiger partial charge >= 0.3 is 0 Å². The molecule has 0 aromatic heterocycles. The van der Waals surface area contributed by atoms with Crippen LogP contribution in [0.25, 0.3) is 0 Å². The van der Waals surface area contributed by atoms with Crippen LogP contribution in [0, 0.1) is 19.8 Å². The Balaban J connectivity index is 0.00000220. The molecule has 3 nitrogen and oxygen atoms in total. The molecule has 2 rings (SSSR count). The van der Waals surface area contributed by atoms with Gasteiger partial charge in [-0.25, -0.2) is 0 Å². The molecule has 3 atom stereocenters. The van der Waals surface area contributed by atoms with Crippen LogP contribution in [-0.2, 0) is 4.79 Å². The Morgan fingerprint density at radius 3 is 2.48 bits per heavy atom. The van der Waals surface area contributed by atoms with E-state index in [1.807, 2.05) is 0 Å². The van der Waals surface area contributed by atoms with Crippen LogP contribution in [0.4, 0.5) is 0 Å². The quantitative estimate of drug-likeness (QED) is 0.899. The van der Waals surface area contributed by atoms with Crippen LogP contribution in [0.3, 0.4) is 0 Å². The average molecular weight is 311 g/mol. The molecule has 0 bridgehead atoms. The van der Waals surface area contributed by atoms with Gasteiger partial charge in [-0.3, -0.25) is 4.79 Å². The van der Waals surface area contributed by atoms with Gasteiger partial charge in [-0.1, -0.05) is 29.3 Å². The molecule has 2 N–H and O–H groups in total. The number of rotatable bonds is 3. The van der Waals surface area contributed by atoms with Crippen LogP contribution >= 0.6 is 12.4 Å². The van der Waals surface area contributed by atoms with E-state index in [0.29, 0.717) is 6.04 Å². The van der Waals surface area contributed by atoms with Crippen LogP contribution in [-0.4, -0.2) is 18.5 Å². The highest BCUT2D eigenvalue weighted by Crippen LogP contribution is 2.20. The second-order valence-electron chi connectivity index (χ2n) is 6.23. The number of hydrogen-bond acceptors (Lipinski definition) is 2. The zero-order valence-corrected chi connectivity index (χ0v) is 14.2. The van der Waals surface area contributed by atoms with Crippen LogP contribution < -0.4 is 10.6 Å². The summed E-state index contributed by atoms with van der Waals surface area (Å²) in [4.78, 5) is 12.4. The number of aryl methyl sites for hydroxylation is 2. The molecule has 118 valence electrons. The summed E-state index contributed by atoms with van der Waals surface area (Å²) in [5.41, 5.74) is 3.69. The van der Waals surface area contributed by atoms with E-state index in [-0.39, 0.29) is 30.3 Å². The Morgan fingerprint density at radius 2 is 1.90 bits per heavy atom. The molecule has 1 amide bonds. The van der Waals surface area contributed by atoms with E-state index in [1.54, 1.807) is 0 Å². The van der Waals surface area contributed by atoms with Gasteiger partial charge < -0.3 is 10.6 Å². The third-order valence-electron chi connectivity index (χ3n) is 4.10. The van der Waals surface area contributed by atoms with E-state index < -0.39 is 0 Å². The molecule has 4 heteroatoms. The Morgan fingerprint density at radius 1 is 1.29 bits per heavy atom. The molecule has 1 heterocycles. The van der Waals surface area contributed by atoms with Crippen molar-refractivity contribution < 1.29 is 4.79 Å². The SMILES string of the molecule is Cc1cc(C)cc(C(C)NC(=O)[C@H]2CCN[C@@H](C)C2)c1.Cl. The molecule has 1 aliphatic rings. The lowest BCUT2D eigenvalue weighted by Crippen LogP contribution is -2.42. The van der Waals surface area contributed by atoms with Crippen LogP contribution in [0.15, 0.2) is 18.2 Å². The molecule has 0 saturated carbocycles. The lowest BCUT2D eigenvalue weighted by molar-refractivity contribution is -0.126. The van der Waals surface area contributed by atoms with Crippen molar-refractivity contribution in [3.8, 4) is 0 Å². The molecule has 1 fully saturated rings. The van der Waals surface area contributed by atoms with Gasteiger partial charge in [-0.05, 0) is 52.6 Å². The number of halogens is 1. The summed E-state index contributed by atoms with van der Waals surface area (Å²) in [5, 5.41) is 6.56. The van der Waals surface area contributed by atoms with Gasteiger partial charge in [-0.2, -0.15) is 0 Å². The number of amides is 1. The standard InChI is InChI=1S/C17H26N2O.ClH/c1-11-7-12(2)9-16(8-11)14(4)19-17(20)15-5-6-18-13(3)10-15;/h7-9,13-15,18H,5-6,10H2,1-4H3,(H,19,20);1H/t13-,14?,15-;/m0./s1. The monoisotopic (exact) mass is 310 g/mol. The topological polar surface area (TPSA) is 41.1 Å². The maximum Gasteiger partial charge on any atom is 0.223 e. The van der Waals surface area contributed by atoms with Crippen LogP contribution in [0.5, 0.6) is 0 Å². The normalized spacial score (nSPS) is 23.0. The van der Waals surface area contributed by atoms with Gasteiger partial charge in [0.05, 0.1) is 6.04 Å². The fourth-order valence-electron chi connectivity index (χ4n) is 3.04. The fraction of sp³-hybridized carbons (Fsp3) is 0.588. The summed E-state index contributed by atoms with van der Waals surface area (Å²) in [6, 6.07) is 6.99. The van der Waals surface area contributed by atoms with E-state index in [9.17, 15) is 4.79 Å². The van der Waals surface area contributed by atoms with Gasteiger partial charge in [-0.15, -0.1) is 12.4 Å². The Bertz CT molecular complexity index is 469. The van der Waals surface area contributed by atoms with Crippen molar-refractivity contribution >= 4 is 18.3 Å². The third kappa shape index (κ3) is 5.01. The first-order valence-electron chi connectivity index (χ1n) is 7.57. The van der Waals surface area contributed by atoms with Crippen molar-refractivity contribution in [1.29, 1.82) is 0 Å². The van der Waals surface area contributed by atoms with Gasteiger partial charge in [0.1, 0.15) is 0 Å². The Hall–Kier alpha value is -1.06. The first-order valence-corrected chi connectivity index (χ1v) is 7.57. The van der Waals surface area contributed by atoms with Crippen molar-refractivity contribution in [2.75, 3.05) is 6.54 Å². The van der Waals surface area contributed by atoms with E-state index in [2.05, 4.69) is 56.5 Å². The maximum absolute atomic E-state index is 12.4. The molecule has 1 aromatic rings. The number of nitrogens with one attached hydrogen (secondary N) is 2.